The van der Waals surface area contributed by atoms with Crippen LogP contribution in [0.25, 0.3) is 0 Å². The molecule has 2 rings (SSSR count). The van der Waals surface area contributed by atoms with Gasteiger partial charge in [0, 0.05) is 0 Å². The van der Waals surface area contributed by atoms with E-state index < -0.39 is 0 Å². The maximum atomic E-state index is 5.29. The van der Waals surface area contributed by atoms with Crippen molar-refractivity contribution in [3.05, 3.63) is 35.9 Å². The van der Waals surface area contributed by atoms with E-state index in [1.807, 2.05) is 30.3 Å². The third-order valence-electron chi connectivity index (χ3n) is 1.91. The van der Waals surface area contributed by atoms with Crippen LogP contribution >= 0.6 is 0 Å². The average Bonchev–Trinajstić information content (AvgIpc) is 2.95. The van der Waals surface area contributed by atoms with Crippen molar-refractivity contribution in [3.8, 4) is 12.3 Å². The van der Waals surface area contributed by atoms with Crippen LogP contribution in [0.2, 0.25) is 0 Å². The highest BCUT2D eigenvalue weighted by atomic mass is 16.8. The van der Waals surface area contributed by atoms with E-state index in [0.717, 1.165) is 5.56 Å². The van der Waals surface area contributed by atoms with Crippen molar-refractivity contribution in [1.82, 2.24) is 0 Å². The molecule has 2 unspecified atom stereocenters. The van der Waals surface area contributed by atoms with E-state index in [4.69, 9.17) is 15.9 Å². The van der Waals surface area contributed by atoms with Crippen LogP contribution in [0.15, 0.2) is 30.3 Å². The molecule has 1 saturated heterocycles. The molecule has 1 fully saturated rings. The Morgan fingerprint density at radius 1 is 1.38 bits per heavy atom. The Hall–Kier alpha value is -1.30. The highest BCUT2D eigenvalue weighted by Gasteiger charge is 2.41. The predicted molar refractivity (Wildman–Crippen MR) is 48.8 cm³/mol. The summed E-state index contributed by atoms with van der Waals surface area (Å²) in [6.07, 6.45) is 5.00. The van der Waals surface area contributed by atoms with Gasteiger partial charge in [0.05, 0.1) is 0 Å². The van der Waals surface area contributed by atoms with Crippen LogP contribution in [0, 0.1) is 12.3 Å². The molecule has 2 nitrogen and oxygen atoms in total. The number of hydrogen-bond donors (Lipinski definition) is 0. The number of terminal acetylenes is 1. The second-order valence-electron chi connectivity index (χ2n) is 2.85. The predicted octanol–water partition coefficient (Wildman–Crippen LogP) is 1.73. The van der Waals surface area contributed by atoms with Crippen LogP contribution in [-0.2, 0) is 9.47 Å². The van der Waals surface area contributed by atoms with Gasteiger partial charge in [0.1, 0.15) is 12.7 Å². The van der Waals surface area contributed by atoms with Gasteiger partial charge in [-0.05, 0) is 5.56 Å². The fourth-order valence-electron chi connectivity index (χ4n) is 1.23. The Morgan fingerprint density at radius 3 is 2.85 bits per heavy atom. The smallest absolute Gasteiger partial charge is 0.190 e. The van der Waals surface area contributed by atoms with Crippen molar-refractivity contribution in [2.45, 2.75) is 12.4 Å². The molecule has 1 aliphatic heterocycles. The Labute approximate surface area is 77.5 Å². The molecule has 13 heavy (non-hydrogen) atoms. The minimum Gasteiger partial charge on any atom is -0.337 e. The van der Waals surface area contributed by atoms with E-state index in [-0.39, 0.29) is 12.4 Å². The Morgan fingerprint density at radius 2 is 2.15 bits per heavy atom. The van der Waals surface area contributed by atoms with E-state index in [1.54, 1.807) is 0 Å². The van der Waals surface area contributed by atoms with Gasteiger partial charge < -0.3 is 9.47 Å². The summed E-state index contributed by atoms with van der Waals surface area (Å²) in [4.78, 5) is 0. The quantitative estimate of drug-likeness (QED) is 0.514. The van der Waals surface area contributed by atoms with Crippen LogP contribution in [0.3, 0.4) is 0 Å². The molecule has 0 bridgehead atoms. The maximum absolute atomic E-state index is 5.29. The van der Waals surface area contributed by atoms with Gasteiger partial charge in [-0.1, -0.05) is 36.3 Å². The summed E-state index contributed by atoms with van der Waals surface area (Å²) in [5.74, 6) is 2.41. The van der Waals surface area contributed by atoms with Crippen molar-refractivity contribution in [2.24, 2.45) is 0 Å². The first kappa shape index (κ1) is 8.31. The van der Waals surface area contributed by atoms with Gasteiger partial charge >= 0.3 is 0 Å². The fourth-order valence-corrected chi connectivity index (χ4v) is 1.23. The molecule has 2 atom stereocenters. The zero-order valence-electron chi connectivity index (χ0n) is 7.14. The van der Waals surface area contributed by atoms with E-state index in [2.05, 4.69) is 5.92 Å². The summed E-state index contributed by atoms with van der Waals surface area (Å²) in [5, 5.41) is 0. The largest absolute Gasteiger partial charge is 0.337 e. The average molecular weight is 174 g/mol. The minimum absolute atomic E-state index is 0.0783. The van der Waals surface area contributed by atoms with Gasteiger partial charge in [0.15, 0.2) is 6.29 Å². The first-order valence-corrected chi connectivity index (χ1v) is 4.17. The van der Waals surface area contributed by atoms with E-state index in [9.17, 15) is 0 Å². The summed E-state index contributed by atoms with van der Waals surface area (Å²) in [7, 11) is 0. The van der Waals surface area contributed by atoms with E-state index >= 15 is 0 Å². The number of ether oxygens (including phenoxy) is 2. The molecule has 0 N–H and O–H groups in total. The molecule has 0 spiro atoms. The van der Waals surface area contributed by atoms with Crippen molar-refractivity contribution >= 4 is 0 Å². The van der Waals surface area contributed by atoms with Crippen LogP contribution in [0.5, 0.6) is 0 Å². The third-order valence-corrected chi connectivity index (χ3v) is 1.91. The minimum atomic E-state index is -0.140. The summed E-state index contributed by atoms with van der Waals surface area (Å²) in [5.41, 5.74) is 1.14. The molecule has 1 aromatic rings. The molecular formula is C11H10O2. The van der Waals surface area contributed by atoms with Gasteiger partial charge in [0.2, 0.25) is 0 Å². The standard InChI is InChI=1S/C11H10O2/c1-2-8-12-11-10(13-11)9-6-4-3-5-7-9/h1,3-7,10-11H,8H2. The normalized spacial score (nSPS) is 25.2. The lowest BCUT2D eigenvalue weighted by atomic mass is 10.2. The van der Waals surface area contributed by atoms with E-state index in [0.29, 0.717) is 6.61 Å². The van der Waals surface area contributed by atoms with Crippen LogP contribution in [0.4, 0.5) is 0 Å². The maximum Gasteiger partial charge on any atom is 0.190 e. The van der Waals surface area contributed by atoms with Gasteiger partial charge in [-0.15, -0.1) is 6.42 Å². The fraction of sp³-hybridized carbons (Fsp3) is 0.273. The highest BCUT2D eigenvalue weighted by molar-refractivity contribution is 5.21. The number of benzene rings is 1. The zero-order valence-corrected chi connectivity index (χ0v) is 7.14. The molecule has 1 aliphatic rings. The van der Waals surface area contributed by atoms with Crippen molar-refractivity contribution in [3.63, 3.8) is 0 Å². The number of hydrogen-bond acceptors (Lipinski definition) is 2. The molecule has 0 aliphatic carbocycles. The van der Waals surface area contributed by atoms with Crippen molar-refractivity contribution < 1.29 is 9.47 Å². The molecule has 0 amide bonds. The molecule has 1 heterocycles. The second-order valence-corrected chi connectivity index (χ2v) is 2.85. The Kier molecular flexibility index (Phi) is 2.31. The lowest BCUT2D eigenvalue weighted by molar-refractivity contribution is 0.0729. The van der Waals surface area contributed by atoms with Crippen molar-refractivity contribution in [2.75, 3.05) is 6.61 Å². The SMILES string of the molecule is C#CCOC1OC1c1ccccc1. The van der Waals surface area contributed by atoms with Gasteiger partial charge in [0.25, 0.3) is 0 Å². The number of epoxide rings is 1. The molecule has 0 aromatic heterocycles. The topological polar surface area (TPSA) is 21.8 Å². The monoisotopic (exact) mass is 174 g/mol. The first-order valence-electron chi connectivity index (χ1n) is 4.17. The zero-order chi connectivity index (χ0) is 9.10. The van der Waals surface area contributed by atoms with Crippen molar-refractivity contribution in [1.29, 1.82) is 0 Å². The lowest BCUT2D eigenvalue weighted by Gasteiger charge is -1.94. The summed E-state index contributed by atoms with van der Waals surface area (Å²) in [6, 6.07) is 9.97. The summed E-state index contributed by atoms with van der Waals surface area (Å²) < 4.78 is 10.5. The van der Waals surface area contributed by atoms with Gasteiger partial charge in [-0.3, -0.25) is 0 Å². The van der Waals surface area contributed by atoms with Crippen LogP contribution in [-0.4, -0.2) is 12.9 Å². The molecule has 1 aromatic carbocycles. The van der Waals surface area contributed by atoms with Crippen LogP contribution < -0.4 is 0 Å². The van der Waals surface area contributed by atoms with Gasteiger partial charge in [-0.25, -0.2) is 0 Å². The Balaban J connectivity index is 1.90. The summed E-state index contributed by atoms with van der Waals surface area (Å²) >= 11 is 0. The lowest BCUT2D eigenvalue weighted by Crippen LogP contribution is -1.96. The first-order chi connectivity index (χ1) is 6.42. The molecule has 0 radical (unpaired) electrons. The van der Waals surface area contributed by atoms with Crippen LogP contribution in [0.1, 0.15) is 11.7 Å². The number of rotatable bonds is 3. The summed E-state index contributed by atoms with van der Waals surface area (Å²) in [6.45, 7) is 0.313. The highest BCUT2D eigenvalue weighted by Crippen LogP contribution is 2.38. The second kappa shape index (κ2) is 3.61. The molecule has 2 heteroatoms. The third kappa shape index (κ3) is 1.89. The molecule has 0 saturated carbocycles. The van der Waals surface area contributed by atoms with Gasteiger partial charge in [-0.2, -0.15) is 0 Å². The Bertz CT molecular complexity index is 313. The molecule has 66 valence electrons. The molecular weight excluding hydrogens is 164 g/mol. The van der Waals surface area contributed by atoms with E-state index in [1.165, 1.54) is 0 Å².